The molecule has 7 heteroatoms. The summed E-state index contributed by atoms with van der Waals surface area (Å²) in [6, 6.07) is 7.78. The highest BCUT2D eigenvalue weighted by Gasteiger charge is 2.27. The van der Waals surface area contributed by atoms with Crippen LogP contribution in [0.25, 0.3) is 0 Å². The lowest BCUT2D eigenvalue weighted by molar-refractivity contribution is 0.213. The molecule has 0 aliphatic carbocycles. The van der Waals surface area contributed by atoms with Crippen LogP contribution in [0, 0.1) is 11.3 Å². The molecule has 4 rings (SSSR count). The summed E-state index contributed by atoms with van der Waals surface area (Å²) in [6.45, 7) is 5.07. The minimum atomic E-state index is 0.346. The number of piperidine rings is 2. The van der Waals surface area contributed by atoms with Crippen LogP contribution in [0.3, 0.4) is 0 Å². The number of likely N-dealkylation sites (tertiary alicyclic amines) is 1. The van der Waals surface area contributed by atoms with Gasteiger partial charge in [0.2, 0.25) is 0 Å². The van der Waals surface area contributed by atoms with Crippen LogP contribution < -0.4 is 4.90 Å². The number of nitriles is 1. The van der Waals surface area contributed by atoms with Crippen molar-refractivity contribution in [2.24, 2.45) is 7.05 Å². The lowest BCUT2D eigenvalue weighted by Gasteiger charge is -2.33. The lowest BCUT2D eigenvalue weighted by atomic mass is 9.97. The van der Waals surface area contributed by atoms with Gasteiger partial charge in [-0.15, -0.1) is 10.2 Å². The average molecular weight is 365 g/mol. The minimum absolute atomic E-state index is 0.346. The van der Waals surface area contributed by atoms with Gasteiger partial charge in [-0.05, 0) is 50.9 Å². The van der Waals surface area contributed by atoms with E-state index in [0.29, 0.717) is 11.6 Å². The minimum Gasteiger partial charge on any atom is -0.356 e. The molecule has 4 heterocycles. The molecule has 0 amide bonds. The highest BCUT2D eigenvalue weighted by Crippen LogP contribution is 2.28. The van der Waals surface area contributed by atoms with Gasteiger partial charge in [0, 0.05) is 26.1 Å². The first-order valence-corrected chi connectivity index (χ1v) is 9.97. The Kier molecular flexibility index (Phi) is 5.35. The van der Waals surface area contributed by atoms with Gasteiger partial charge in [-0.1, -0.05) is 12.5 Å². The quantitative estimate of drug-likeness (QED) is 0.829. The van der Waals surface area contributed by atoms with Gasteiger partial charge in [0.05, 0.1) is 6.54 Å². The van der Waals surface area contributed by atoms with Crippen molar-refractivity contribution in [1.29, 1.82) is 5.26 Å². The van der Waals surface area contributed by atoms with Gasteiger partial charge in [0.1, 0.15) is 29.2 Å². The Balaban J connectivity index is 1.47. The Hall–Kier alpha value is -2.46. The van der Waals surface area contributed by atoms with Crippen LogP contribution in [0.1, 0.15) is 55.4 Å². The maximum atomic E-state index is 9.11. The Morgan fingerprint density at radius 1 is 1.11 bits per heavy atom. The zero-order valence-electron chi connectivity index (χ0n) is 16.0. The molecule has 27 heavy (non-hydrogen) atoms. The van der Waals surface area contributed by atoms with E-state index in [2.05, 4.69) is 42.7 Å². The molecule has 0 aromatic carbocycles. The fourth-order valence-electron chi connectivity index (χ4n) is 4.24. The van der Waals surface area contributed by atoms with Crippen molar-refractivity contribution >= 4 is 5.82 Å². The zero-order valence-corrected chi connectivity index (χ0v) is 16.0. The van der Waals surface area contributed by atoms with Crippen LogP contribution in [-0.4, -0.2) is 50.8 Å². The van der Waals surface area contributed by atoms with E-state index < -0.39 is 0 Å². The number of pyridine rings is 1. The van der Waals surface area contributed by atoms with Gasteiger partial charge in [-0.2, -0.15) is 5.26 Å². The fraction of sp³-hybridized carbons (Fsp3) is 0.600. The first-order valence-electron chi connectivity index (χ1n) is 9.97. The van der Waals surface area contributed by atoms with E-state index in [4.69, 9.17) is 5.26 Å². The summed E-state index contributed by atoms with van der Waals surface area (Å²) in [6.07, 6.45) is 6.13. The molecule has 0 bridgehead atoms. The highest BCUT2D eigenvalue weighted by molar-refractivity contribution is 5.42. The van der Waals surface area contributed by atoms with E-state index in [1.54, 1.807) is 6.07 Å². The van der Waals surface area contributed by atoms with Crippen molar-refractivity contribution in [2.75, 3.05) is 31.1 Å². The van der Waals surface area contributed by atoms with Crippen molar-refractivity contribution in [3.63, 3.8) is 0 Å². The second-order valence-electron chi connectivity index (χ2n) is 7.65. The number of anilines is 1. The maximum Gasteiger partial charge on any atom is 0.146 e. The van der Waals surface area contributed by atoms with Gasteiger partial charge in [0.25, 0.3) is 0 Å². The molecule has 142 valence electrons. The monoisotopic (exact) mass is 365 g/mol. The second kappa shape index (κ2) is 8.05. The van der Waals surface area contributed by atoms with Crippen LogP contribution in [0.2, 0.25) is 0 Å². The van der Waals surface area contributed by atoms with Crippen LogP contribution in [0.4, 0.5) is 5.82 Å². The Morgan fingerprint density at radius 3 is 2.78 bits per heavy atom. The summed E-state index contributed by atoms with van der Waals surface area (Å²) < 4.78 is 2.20. The van der Waals surface area contributed by atoms with Crippen molar-refractivity contribution < 1.29 is 0 Å². The molecule has 0 radical (unpaired) electrons. The molecule has 1 atom stereocenters. The molecule has 0 saturated carbocycles. The molecule has 2 saturated heterocycles. The van der Waals surface area contributed by atoms with E-state index >= 15 is 0 Å². The Morgan fingerprint density at radius 2 is 1.96 bits per heavy atom. The summed E-state index contributed by atoms with van der Waals surface area (Å²) in [5.74, 6) is 3.37. The molecule has 2 fully saturated rings. The lowest BCUT2D eigenvalue weighted by Crippen LogP contribution is -2.36. The van der Waals surface area contributed by atoms with Crippen molar-refractivity contribution in [1.82, 2.24) is 24.6 Å². The second-order valence-corrected chi connectivity index (χ2v) is 7.65. The van der Waals surface area contributed by atoms with E-state index in [0.717, 1.165) is 49.9 Å². The van der Waals surface area contributed by atoms with Crippen LogP contribution in [-0.2, 0) is 13.6 Å². The molecule has 2 aromatic heterocycles. The summed E-state index contributed by atoms with van der Waals surface area (Å²) >= 11 is 0. The average Bonchev–Trinajstić information content (AvgIpc) is 3.09. The van der Waals surface area contributed by atoms with E-state index in [1.807, 2.05) is 12.1 Å². The molecule has 2 aromatic rings. The van der Waals surface area contributed by atoms with Crippen LogP contribution in [0.15, 0.2) is 18.2 Å². The summed E-state index contributed by atoms with van der Waals surface area (Å²) in [5, 5.41) is 18.2. The Bertz CT molecular complexity index is 816. The summed E-state index contributed by atoms with van der Waals surface area (Å²) in [4.78, 5) is 9.22. The summed E-state index contributed by atoms with van der Waals surface area (Å²) in [7, 11) is 2.10. The number of aromatic nitrogens is 4. The Labute approximate surface area is 160 Å². The third-order valence-electron chi connectivity index (χ3n) is 5.77. The highest BCUT2D eigenvalue weighted by atomic mass is 15.3. The third-order valence-corrected chi connectivity index (χ3v) is 5.77. The molecular weight excluding hydrogens is 338 g/mol. The van der Waals surface area contributed by atoms with Gasteiger partial charge >= 0.3 is 0 Å². The molecule has 7 nitrogen and oxygen atoms in total. The third kappa shape index (κ3) is 3.96. The first-order chi connectivity index (χ1) is 13.2. The molecular formula is C20H27N7. The van der Waals surface area contributed by atoms with E-state index in [1.165, 1.54) is 32.4 Å². The van der Waals surface area contributed by atoms with E-state index in [-0.39, 0.29) is 0 Å². The van der Waals surface area contributed by atoms with Gasteiger partial charge in [0.15, 0.2) is 0 Å². The molecule has 2 aliphatic heterocycles. The largest absolute Gasteiger partial charge is 0.356 e. The molecule has 0 spiro atoms. The van der Waals surface area contributed by atoms with Gasteiger partial charge in [-0.3, -0.25) is 4.90 Å². The van der Waals surface area contributed by atoms with Gasteiger partial charge < -0.3 is 9.47 Å². The van der Waals surface area contributed by atoms with Crippen molar-refractivity contribution in [3.8, 4) is 6.07 Å². The maximum absolute atomic E-state index is 9.11. The first kappa shape index (κ1) is 17.9. The molecule has 0 unspecified atom stereocenters. The van der Waals surface area contributed by atoms with E-state index in [9.17, 15) is 0 Å². The fourth-order valence-corrected chi connectivity index (χ4v) is 4.24. The van der Waals surface area contributed by atoms with Crippen LogP contribution in [0.5, 0.6) is 0 Å². The summed E-state index contributed by atoms with van der Waals surface area (Å²) in [5.41, 5.74) is 0.470. The SMILES string of the molecule is Cn1c(CN2CCCCC2)nnc1[C@@H]1CCCN(c2cccc(C#N)n2)C1. The number of hydrogen-bond donors (Lipinski definition) is 0. The predicted octanol–water partition coefficient (Wildman–Crippen LogP) is 2.45. The predicted molar refractivity (Wildman–Crippen MR) is 103 cm³/mol. The van der Waals surface area contributed by atoms with Crippen LogP contribution >= 0.6 is 0 Å². The van der Waals surface area contributed by atoms with Gasteiger partial charge in [-0.25, -0.2) is 4.98 Å². The standard InChI is InChI=1S/C20H27N7/c1-25-19(15-26-10-3-2-4-11-26)23-24-20(25)16-7-6-12-27(14-16)18-9-5-8-17(13-21)22-18/h5,8-9,16H,2-4,6-7,10-12,14-15H2,1H3/t16-/m1/s1. The zero-order chi connectivity index (χ0) is 18.6. The van der Waals surface area contributed by atoms with Crippen molar-refractivity contribution in [3.05, 3.63) is 35.5 Å². The number of hydrogen-bond acceptors (Lipinski definition) is 6. The van der Waals surface area contributed by atoms with Crippen molar-refractivity contribution in [2.45, 2.75) is 44.6 Å². The molecule has 2 aliphatic rings. The number of rotatable bonds is 4. The topological polar surface area (TPSA) is 73.9 Å². The normalized spacial score (nSPS) is 21.2. The molecule has 0 N–H and O–H groups in total. The smallest absolute Gasteiger partial charge is 0.146 e. The number of nitrogens with zero attached hydrogens (tertiary/aromatic N) is 7.